The summed E-state index contributed by atoms with van der Waals surface area (Å²) >= 11 is 0. The zero-order chi connectivity index (χ0) is 30.5. The average Bonchev–Trinajstić information content (AvgIpc) is 3.61. The highest BCUT2D eigenvalue weighted by atomic mass is 32.2. The Kier molecular flexibility index (Phi) is 7.17. The average molecular weight is 604 g/mol. The van der Waals surface area contributed by atoms with Gasteiger partial charge in [0.15, 0.2) is 0 Å². The van der Waals surface area contributed by atoms with E-state index in [2.05, 4.69) is 15.3 Å². The smallest absolute Gasteiger partial charge is 0.270 e. The van der Waals surface area contributed by atoms with Crippen molar-refractivity contribution >= 4 is 49.5 Å². The van der Waals surface area contributed by atoms with Crippen LogP contribution in [-0.2, 0) is 10.0 Å². The van der Waals surface area contributed by atoms with Gasteiger partial charge in [0.25, 0.3) is 11.8 Å². The molecule has 2 N–H and O–H groups in total. The third-order valence-electron chi connectivity index (χ3n) is 8.00. The molecule has 6 rings (SSSR count). The molecule has 0 spiro atoms. The van der Waals surface area contributed by atoms with Crippen LogP contribution in [0.5, 0.6) is 0 Å². The predicted molar refractivity (Wildman–Crippen MR) is 162 cm³/mol. The molecule has 0 saturated carbocycles. The number of aromatic nitrogens is 2. The molecule has 4 heterocycles. The monoisotopic (exact) mass is 603 g/mol. The minimum atomic E-state index is -3.68. The number of benzene rings is 2. The van der Waals surface area contributed by atoms with Crippen molar-refractivity contribution in [2.75, 3.05) is 37.7 Å². The van der Waals surface area contributed by atoms with Gasteiger partial charge in [-0.1, -0.05) is 0 Å². The number of anilines is 1. The number of likely N-dealkylation sites (tertiary alicyclic amines) is 1. The number of furan rings is 1. The van der Waals surface area contributed by atoms with E-state index in [9.17, 15) is 22.4 Å². The maximum absolute atomic E-state index is 13.7. The zero-order valence-corrected chi connectivity index (χ0v) is 24.7. The molecule has 1 aliphatic rings. The predicted octanol–water partition coefficient (Wildman–Crippen LogP) is 4.89. The number of amides is 2. The molecule has 10 nitrogen and oxygen atoms in total. The Hall–Kier alpha value is -4.71. The van der Waals surface area contributed by atoms with Gasteiger partial charge in [-0.15, -0.1) is 0 Å². The number of piperidine rings is 1. The first-order chi connectivity index (χ1) is 20.5. The van der Waals surface area contributed by atoms with E-state index >= 15 is 0 Å². The molecule has 0 bridgehead atoms. The van der Waals surface area contributed by atoms with Gasteiger partial charge >= 0.3 is 0 Å². The van der Waals surface area contributed by atoms with Crippen LogP contribution >= 0.6 is 0 Å². The third-order valence-corrected chi connectivity index (χ3v) is 9.19. The van der Waals surface area contributed by atoms with Crippen LogP contribution in [0.15, 0.2) is 65.2 Å². The topological polar surface area (TPSA) is 129 Å². The van der Waals surface area contributed by atoms with Gasteiger partial charge in [-0.25, -0.2) is 12.8 Å². The fourth-order valence-electron chi connectivity index (χ4n) is 5.74. The molecule has 0 aliphatic carbocycles. The summed E-state index contributed by atoms with van der Waals surface area (Å²) in [4.78, 5) is 36.0. The Morgan fingerprint density at radius 1 is 1.16 bits per heavy atom. The van der Waals surface area contributed by atoms with E-state index < -0.39 is 21.7 Å². The second-order valence-electron chi connectivity index (χ2n) is 10.7. The molecule has 222 valence electrons. The van der Waals surface area contributed by atoms with Crippen LogP contribution in [0.3, 0.4) is 0 Å². The largest absolute Gasteiger partial charge is 0.455 e. The number of carbonyl (C=O) groups excluding carboxylic acids is 2. The van der Waals surface area contributed by atoms with Crippen molar-refractivity contribution in [2.45, 2.75) is 18.8 Å². The number of carbonyl (C=O) groups is 2. The Balaban J connectivity index is 1.46. The van der Waals surface area contributed by atoms with E-state index in [1.165, 1.54) is 42.7 Å². The summed E-state index contributed by atoms with van der Waals surface area (Å²) < 4.78 is 46.5. The zero-order valence-electron chi connectivity index (χ0n) is 23.8. The number of nitrogens with zero attached hydrogens (tertiary/aromatic N) is 3. The lowest BCUT2D eigenvalue weighted by Gasteiger charge is -2.34. The van der Waals surface area contributed by atoms with Crippen LogP contribution in [0, 0.1) is 5.82 Å². The van der Waals surface area contributed by atoms with Gasteiger partial charge in [0.1, 0.15) is 22.9 Å². The maximum Gasteiger partial charge on any atom is 0.270 e. The third kappa shape index (κ3) is 5.22. The first-order valence-corrected chi connectivity index (χ1v) is 15.7. The molecule has 2 amide bonds. The summed E-state index contributed by atoms with van der Waals surface area (Å²) in [5.41, 5.74) is 4.02. The van der Waals surface area contributed by atoms with Gasteiger partial charge in [-0.05, 0) is 66.9 Å². The summed E-state index contributed by atoms with van der Waals surface area (Å²) in [6, 6.07) is 14.4. The lowest BCUT2D eigenvalue weighted by Crippen LogP contribution is -2.39. The number of rotatable bonds is 6. The number of pyridine rings is 1. The number of halogens is 1. The van der Waals surface area contributed by atoms with Crippen LogP contribution in [0.4, 0.5) is 10.1 Å². The van der Waals surface area contributed by atoms with Crippen LogP contribution in [0.2, 0.25) is 0 Å². The van der Waals surface area contributed by atoms with E-state index in [1.807, 2.05) is 6.07 Å². The van der Waals surface area contributed by atoms with Crippen LogP contribution in [0.25, 0.3) is 33.3 Å². The van der Waals surface area contributed by atoms with Gasteiger partial charge in [0, 0.05) is 56.3 Å². The van der Waals surface area contributed by atoms with Crippen LogP contribution in [0.1, 0.15) is 45.2 Å². The van der Waals surface area contributed by atoms with E-state index in [1.54, 1.807) is 35.4 Å². The Morgan fingerprint density at radius 3 is 2.63 bits per heavy atom. The van der Waals surface area contributed by atoms with Crippen molar-refractivity contribution in [1.82, 2.24) is 20.2 Å². The minimum absolute atomic E-state index is 0.172. The maximum atomic E-state index is 13.7. The van der Waals surface area contributed by atoms with E-state index in [4.69, 9.17) is 4.42 Å². The van der Waals surface area contributed by atoms with Crippen molar-refractivity contribution in [2.24, 2.45) is 0 Å². The fourth-order valence-corrected chi connectivity index (χ4v) is 6.25. The van der Waals surface area contributed by atoms with E-state index in [0.717, 1.165) is 11.8 Å². The number of hydrogen-bond donors (Lipinski definition) is 2. The SMILES string of the molecule is CNC(=O)c1c(-c2ccc(F)cc2)oc2cc(N(C)S(C)(=O)=O)c(C3CCCN(C(=O)c4cc5ncccc5[nH]4)C3)cc12. The molecule has 1 saturated heterocycles. The summed E-state index contributed by atoms with van der Waals surface area (Å²) in [5.74, 6) is -0.991. The van der Waals surface area contributed by atoms with Crippen LogP contribution < -0.4 is 9.62 Å². The highest BCUT2D eigenvalue weighted by Crippen LogP contribution is 2.42. The molecule has 1 unspecified atom stereocenters. The first kappa shape index (κ1) is 28.4. The van der Waals surface area contributed by atoms with Crippen molar-refractivity contribution in [1.29, 1.82) is 0 Å². The van der Waals surface area contributed by atoms with Crippen molar-refractivity contribution in [3.05, 3.63) is 83.4 Å². The molecule has 43 heavy (non-hydrogen) atoms. The van der Waals surface area contributed by atoms with E-state index in [-0.39, 0.29) is 23.1 Å². The molecule has 1 atom stereocenters. The minimum Gasteiger partial charge on any atom is -0.455 e. The summed E-state index contributed by atoms with van der Waals surface area (Å²) in [6.07, 6.45) is 4.18. The number of H-pyrrole nitrogens is 1. The van der Waals surface area contributed by atoms with Crippen molar-refractivity contribution in [3.63, 3.8) is 0 Å². The quantitative estimate of drug-likeness (QED) is 0.284. The van der Waals surface area contributed by atoms with Gasteiger partial charge in [0.05, 0.1) is 28.5 Å². The Morgan fingerprint density at radius 2 is 1.93 bits per heavy atom. The second-order valence-corrected chi connectivity index (χ2v) is 12.8. The number of aromatic amines is 1. The number of fused-ring (bicyclic) bond motifs is 2. The standard InChI is InChI=1S/C31H30FN5O5S/c1-33-30(38)28-22-14-21(19-6-5-13-37(17-19)31(39)25-15-24-23(35-25)7-4-12-34-24)26(36(2)43(3,40)41)16-27(22)42-29(28)18-8-10-20(32)11-9-18/h4,7-12,14-16,19,35H,5-6,13,17H2,1-3H3,(H,33,38). The molecule has 1 fully saturated rings. The van der Waals surface area contributed by atoms with Gasteiger partial charge < -0.3 is 19.6 Å². The van der Waals surface area contributed by atoms with Crippen LogP contribution in [-0.4, -0.2) is 68.5 Å². The highest BCUT2D eigenvalue weighted by Gasteiger charge is 2.32. The molecule has 5 aromatic rings. The summed E-state index contributed by atoms with van der Waals surface area (Å²) in [7, 11) is -0.705. The Labute approximate surface area is 247 Å². The molecule has 2 aromatic carbocycles. The van der Waals surface area contributed by atoms with Gasteiger partial charge in [0.2, 0.25) is 10.0 Å². The molecular formula is C31H30FN5O5S. The number of nitrogens with one attached hydrogen (secondary N) is 2. The van der Waals surface area contributed by atoms with E-state index in [0.29, 0.717) is 64.9 Å². The highest BCUT2D eigenvalue weighted by molar-refractivity contribution is 7.92. The number of hydrogen-bond acceptors (Lipinski definition) is 6. The fraction of sp³-hybridized carbons (Fsp3) is 0.258. The molecule has 12 heteroatoms. The Bertz CT molecular complexity index is 1950. The molecule has 3 aromatic heterocycles. The summed E-state index contributed by atoms with van der Waals surface area (Å²) in [5, 5.41) is 3.14. The normalized spacial score (nSPS) is 15.6. The van der Waals surface area contributed by atoms with Crippen molar-refractivity contribution in [3.8, 4) is 11.3 Å². The summed E-state index contributed by atoms with van der Waals surface area (Å²) in [6.45, 7) is 0.886. The van der Waals surface area contributed by atoms with Crippen molar-refractivity contribution < 1.29 is 26.8 Å². The molecule has 1 aliphatic heterocycles. The second kappa shape index (κ2) is 10.8. The lowest BCUT2D eigenvalue weighted by molar-refractivity contribution is 0.0702. The van der Waals surface area contributed by atoms with Gasteiger partial charge in [-0.2, -0.15) is 0 Å². The number of sulfonamides is 1. The van der Waals surface area contributed by atoms with Gasteiger partial charge in [-0.3, -0.25) is 18.9 Å². The first-order valence-electron chi connectivity index (χ1n) is 13.8. The molecular weight excluding hydrogens is 573 g/mol. The lowest BCUT2D eigenvalue weighted by atomic mass is 9.88. The molecule has 0 radical (unpaired) electrons.